The molecule has 0 aliphatic rings. The summed E-state index contributed by atoms with van der Waals surface area (Å²) in [4.78, 5) is 24.9. The van der Waals surface area contributed by atoms with E-state index in [0.29, 0.717) is 18.5 Å². The van der Waals surface area contributed by atoms with Crippen LogP contribution in [0.15, 0.2) is 45.9 Å². The molecule has 2 aromatic heterocycles. The first-order chi connectivity index (χ1) is 8.25. The molecule has 0 aliphatic carbocycles. The molecule has 0 aromatic carbocycles. The van der Waals surface area contributed by atoms with E-state index in [9.17, 15) is 9.59 Å². The molecule has 0 atom stereocenters. The number of hydrogen-bond acceptors (Lipinski definition) is 3. The van der Waals surface area contributed by atoms with Crippen molar-refractivity contribution in [2.75, 3.05) is 6.54 Å². The number of furan rings is 1. The predicted octanol–water partition coefficient (Wildman–Crippen LogP) is 0.940. The summed E-state index contributed by atoms with van der Waals surface area (Å²) in [5, 5.41) is 2.74. The van der Waals surface area contributed by atoms with Crippen molar-refractivity contribution in [1.82, 2.24) is 10.3 Å². The topological polar surface area (TPSA) is 75.1 Å². The van der Waals surface area contributed by atoms with Crippen molar-refractivity contribution in [3.05, 3.63) is 58.4 Å². The van der Waals surface area contributed by atoms with Gasteiger partial charge in [-0.1, -0.05) is 0 Å². The van der Waals surface area contributed by atoms with Crippen LogP contribution in [-0.4, -0.2) is 17.4 Å². The number of aromatic nitrogens is 1. The second-order valence-corrected chi connectivity index (χ2v) is 3.53. The maximum Gasteiger partial charge on any atom is 0.252 e. The number of nitrogens with one attached hydrogen (secondary N) is 2. The van der Waals surface area contributed by atoms with Crippen LogP contribution in [0, 0.1) is 0 Å². The summed E-state index contributed by atoms with van der Waals surface area (Å²) in [6.45, 7) is 0.492. The summed E-state index contributed by atoms with van der Waals surface area (Å²) in [7, 11) is 0. The number of amides is 1. The molecule has 2 N–H and O–H groups in total. The van der Waals surface area contributed by atoms with Gasteiger partial charge in [0, 0.05) is 25.2 Å². The zero-order valence-corrected chi connectivity index (χ0v) is 9.10. The van der Waals surface area contributed by atoms with Crippen LogP contribution in [0.1, 0.15) is 16.1 Å². The molecule has 1 amide bonds. The Morgan fingerprint density at radius 3 is 2.88 bits per heavy atom. The molecule has 5 nitrogen and oxygen atoms in total. The normalized spacial score (nSPS) is 10.1. The fourth-order valence-corrected chi connectivity index (χ4v) is 1.41. The quantitative estimate of drug-likeness (QED) is 0.823. The van der Waals surface area contributed by atoms with Crippen molar-refractivity contribution in [3.63, 3.8) is 0 Å². The maximum absolute atomic E-state index is 11.6. The van der Waals surface area contributed by atoms with Crippen LogP contribution in [0.25, 0.3) is 0 Å². The van der Waals surface area contributed by atoms with Gasteiger partial charge in [-0.05, 0) is 18.2 Å². The van der Waals surface area contributed by atoms with Crippen LogP contribution < -0.4 is 10.9 Å². The molecule has 2 rings (SSSR count). The molecule has 0 radical (unpaired) electrons. The third-order valence-corrected chi connectivity index (χ3v) is 2.28. The van der Waals surface area contributed by atoms with Gasteiger partial charge in [0.2, 0.25) is 5.56 Å². The molecule has 5 heteroatoms. The van der Waals surface area contributed by atoms with Crippen LogP contribution >= 0.6 is 0 Å². The smallest absolute Gasteiger partial charge is 0.252 e. The van der Waals surface area contributed by atoms with Crippen molar-refractivity contribution < 1.29 is 9.21 Å². The summed E-state index contributed by atoms with van der Waals surface area (Å²) < 4.78 is 5.14. The first kappa shape index (κ1) is 11.2. The molecular formula is C12H12N2O3. The highest BCUT2D eigenvalue weighted by Crippen LogP contribution is 2.00. The van der Waals surface area contributed by atoms with Crippen LogP contribution in [0.2, 0.25) is 0 Å². The highest BCUT2D eigenvalue weighted by molar-refractivity contribution is 5.93. The summed E-state index contributed by atoms with van der Waals surface area (Å²) in [6.07, 6.45) is 3.63. The van der Waals surface area contributed by atoms with Gasteiger partial charge >= 0.3 is 0 Å². The van der Waals surface area contributed by atoms with E-state index in [2.05, 4.69) is 10.3 Å². The van der Waals surface area contributed by atoms with E-state index in [-0.39, 0.29) is 11.5 Å². The Bertz CT molecular complexity index is 523. The summed E-state index contributed by atoms with van der Waals surface area (Å²) in [6, 6.07) is 6.47. The van der Waals surface area contributed by atoms with E-state index in [0.717, 1.165) is 5.76 Å². The van der Waals surface area contributed by atoms with Crippen LogP contribution in [0.3, 0.4) is 0 Å². The lowest BCUT2D eigenvalue weighted by Gasteiger charge is -2.03. The van der Waals surface area contributed by atoms with Gasteiger partial charge in [0.05, 0.1) is 11.8 Å². The summed E-state index contributed by atoms with van der Waals surface area (Å²) in [5.41, 5.74) is 0.209. The number of pyridine rings is 1. The highest BCUT2D eigenvalue weighted by atomic mass is 16.3. The molecule has 0 unspecified atom stereocenters. The second kappa shape index (κ2) is 5.16. The minimum absolute atomic E-state index is 0.215. The third kappa shape index (κ3) is 3.07. The highest BCUT2D eigenvalue weighted by Gasteiger charge is 2.04. The van der Waals surface area contributed by atoms with Crippen molar-refractivity contribution in [1.29, 1.82) is 0 Å². The summed E-state index contributed by atoms with van der Waals surface area (Å²) in [5.74, 6) is 0.611. The Morgan fingerprint density at radius 2 is 2.24 bits per heavy atom. The van der Waals surface area contributed by atoms with Crippen molar-refractivity contribution in [2.45, 2.75) is 6.42 Å². The molecular weight excluding hydrogens is 220 g/mol. The fraction of sp³-hybridized carbons (Fsp3) is 0.167. The van der Waals surface area contributed by atoms with Gasteiger partial charge in [-0.15, -0.1) is 0 Å². The minimum Gasteiger partial charge on any atom is -0.469 e. The first-order valence-corrected chi connectivity index (χ1v) is 5.25. The van der Waals surface area contributed by atoms with E-state index in [4.69, 9.17) is 4.42 Å². The minimum atomic E-state index is -0.225. The average molecular weight is 232 g/mol. The Hall–Kier alpha value is -2.30. The van der Waals surface area contributed by atoms with E-state index < -0.39 is 0 Å². The molecule has 2 aromatic rings. The average Bonchev–Trinajstić information content (AvgIpc) is 2.83. The standard InChI is InChI=1S/C12H12N2O3/c15-11-4-3-9(8-14-11)12(16)13-6-5-10-2-1-7-17-10/h1-4,7-8H,5-6H2,(H,13,16)(H,14,15). The summed E-state index contributed by atoms with van der Waals surface area (Å²) >= 11 is 0. The largest absolute Gasteiger partial charge is 0.469 e. The predicted molar refractivity (Wildman–Crippen MR) is 61.8 cm³/mol. The molecule has 0 aliphatic heterocycles. The number of aromatic amines is 1. The van der Waals surface area contributed by atoms with Gasteiger partial charge < -0.3 is 14.7 Å². The van der Waals surface area contributed by atoms with Crippen LogP contribution in [0.4, 0.5) is 0 Å². The number of carbonyl (C=O) groups excluding carboxylic acids is 1. The maximum atomic E-state index is 11.6. The van der Waals surface area contributed by atoms with E-state index in [1.807, 2.05) is 6.07 Å². The van der Waals surface area contributed by atoms with Gasteiger partial charge in [-0.3, -0.25) is 9.59 Å². The Labute approximate surface area is 97.5 Å². The number of H-pyrrole nitrogens is 1. The molecule has 2 heterocycles. The zero-order valence-electron chi connectivity index (χ0n) is 9.10. The van der Waals surface area contributed by atoms with Gasteiger partial charge in [0.25, 0.3) is 5.91 Å². The first-order valence-electron chi connectivity index (χ1n) is 5.25. The molecule has 0 saturated carbocycles. The van der Waals surface area contributed by atoms with E-state index >= 15 is 0 Å². The SMILES string of the molecule is O=C(NCCc1ccco1)c1ccc(=O)[nH]c1. The molecule has 0 bridgehead atoms. The molecule has 17 heavy (non-hydrogen) atoms. The molecule has 0 spiro atoms. The monoisotopic (exact) mass is 232 g/mol. The zero-order chi connectivity index (χ0) is 12.1. The van der Waals surface area contributed by atoms with Gasteiger partial charge in [-0.25, -0.2) is 0 Å². The van der Waals surface area contributed by atoms with Gasteiger partial charge in [0.1, 0.15) is 5.76 Å². The molecule has 0 fully saturated rings. The van der Waals surface area contributed by atoms with Crippen molar-refractivity contribution in [3.8, 4) is 0 Å². The third-order valence-electron chi connectivity index (χ3n) is 2.28. The van der Waals surface area contributed by atoms with Crippen molar-refractivity contribution in [2.24, 2.45) is 0 Å². The van der Waals surface area contributed by atoms with Crippen LogP contribution in [0.5, 0.6) is 0 Å². The number of carbonyl (C=O) groups is 1. The van der Waals surface area contributed by atoms with E-state index in [1.165, 1.54) is 18.3 Å². The fourth-order valence-electron chi connectivity index (χ4n) is 1.41. The van der Waals surface area contributed by atoms with Crippen LogP contribution in [-0.2, 0) is 6.42 Å². The lowest BCUT2D eigenvalue weighted by molar-refractivity contribution is 0.0953. The number of hydrogen-bond donors (Lipinski definition) is 2. The Morgan fingerprint density at radius 1 is 1.35 bits per heavy atom. The molecule has 0 saturated heterocycles. The lowest BCUT2D eigenvalue weighted by Crippen LogP contribution is -2.26. The molecule has 88 valence electrons. The second-order valence-electron chi connectivity index (χ2n) is 3.53. The van der Waals surface area contributed by atoms with E-state index in [1.54, 1.807) is 12.3 Å². The number of rotatable bonds is 4. The van der Waals surface area contributed by atoms with Crippen molar-refractivity contribution >= 4 is 5.91 Å². The van der Waals surface area contributed by atoms with Gasteiger partial charge in [-0.2, -0.15) is 0 Å². The lowest BCUT2D eigenvalue weighted by atomic mass is 10.2. The Balaban J connectivity index is 1.85. The Kier molecular flexibility index (Phi) is 3.40. The van der Waals surface area contributed by atoms with Gasteiger partial charge in [0.15, 0.2) is 0 Å².